The van der Waals surface area contributed by atoms with Crippen molar-refractivity contribution in [2.75, 3.05) is 33.6 Å². The molecular weight excluding hydrogens is 422 g/mol. The minimum absolute atomic E-state index is 0.0650. The van der Waals surface area contributed by atoms with Gasteiger partial charge in [0.15, 0.2) is 5.16 Å². The van der Waals surface area contributed by atoms with Crippen LogP contribution >= 0.6 is 11.8 Å². The van der Waals surface area contributed by atoms with E-state index in [9.17, 15) is 4.79 Å². The molecule has 4 rings (SSSR count). The number of carbonyl (C=O) groups is 1. The second kappa shape index (κ2) is 10.1. The molecule has 4 aromatic rings. The third kappa shape index (κ3) is 4.89. The predicted molar refractivity (Wildman–Crippen MR) is 129 cm³/mol. The number of aromatic nitrogens is 2. The van der Waals surface area contributed by atoms with Crippen LogP contribution in [0.1, 0.15) is 5.56 Å². The Balaban J connectivity index is 1.42. The van der Waals surface area contributed by atoms with Gasteiger partial charge in [-0.15, -0.1) is 0 Å². The van der Waals surface area contributed by atoms with Crippen molar-refractivity contribution >= 4 is 39.5 Å². The number of amides is 1. The highest BCUT2D eigenvalue weighted by Crippen LogP contribution is 2.25. The van der Waals surface area contributed by atoms with Crippen LogP contribution in [0.4, 0.5) is 0 Å². The summed E-state index contributed by atoms with van der Waals surface area (Å²) in [4.78, 5) is 19.3. The zero-order chi connectivity index (χ0) is 22.5. The van der Waals surface area contributed by atoms with Gasteiger partial charge < -0.3 is 18.9 Å². The Morgan fingerprint density at radius 2 is 1.84 bits per heavy atom. The van der Waals surface area contributed by atoms with Gasteiger partial charge in [0.1, 0.15) is 5.75 Å². The van der Waals surface area contributed by atoms with E-state index in [-0.39, 0.29) is 5.91 Å². The number of imidazole rings is 1. The predicted octanol–water partition coefficient (Wildman–Crippen LogP) is 4.60. The van der Waals surface area contributed by atoms with Crippen molar-refractivity contribution in [1.82, 2.24) is 14.5 Å². The molecular formula is C25H27N3O3S. The fourth-order valence-electron chi connectivity index (χ4n) is 3.66. The minimum atomic E-state index is 0.0650. The van der Waals surface area contributed by atoms with E-state index in [4.69, 9.17) is 14.5 Å². The molecule has 0 fully saturated rings. The van der Waals surface area contributed by atoms with Crippen LogP contribution in [0.3, 0.4) is 0 Å². The molecule has 1 amide bonds. The van der Waals surface area contributed by atoms with Crippen molar-refractivity contribution in [1.29, 1.82) is 0 Å². The second-order valence-corrected chi connectivity index (χ2v) is 8.56. The van der Waals surface area contributed by atoms with Crippen molar-refractivity contribution in [3.05, 3.63) is 66.2 Å². The molecule has 1 aromatic heterocycles. The van der Waals surface area contributed by atoms with Crippen molar-refractivity contribution in [2.45, 2.75) is 18.2 Å². The van der Waals surface area contributed by atoms with Crippen LogP contribution in [0.25, 0.3) is 21.8 Å². The Kier molecular flexibility index (Phi) is 6.97. The Hall–Kier alpha value is -3.03. The number of hydrogen-bond donors (Lipinski definition) is 0. The van der Waals surface area contributed by atoms with Gasteiger partial charge in [-0.1, -0.05) is 42.1 Å². The molecule has 3 aromatic carbocycles. The first kappa shape index (κ1) is 22.2. The molecule has 0 bridgehead atoms. The fraction of sp³-hybridized carbons (Fsp3) is 0.280. The number of ether oxygens (including phenoxy) is 2. The number of rotatable bonds is 9. The summed E-state index contributed by atoms with van der Waals surface area (Å²) < 4.78 is 12.7. The summed E-state index contributed by atoms with van der Waals surface area (Å²) in [5, 5.41) is 3.09. The number of benzene rings is 3. The Morgan fingerprint density at radius 1 is 1.06 bits per heavy atom. The van der Waals surface area contributed by atoms with Gasteiger partial charge in [0.25, 0.3) is 0 Å². The van der Waals surface area contributed by atoms with Gasteiger partial charge in [-0.05, 0) is 46.7 Å². The Morgan fingerprint density at radius 3 is 2.66 bits per heavy atom. The number of para-hydroxylation sites is 2. The van der Waals surface area contributed by atoms with Crippen LogP contribution in [-0.4, -0.2) is 54.0 Å². The van der Waals surface area contributed by atoms with E-state index < -0.39 is 0 Å². The van der Waals surface area contributed by atoms with E-state index in [2.05, 4.69) is 22.8 Å². The van der Waals surface area contributed by atoms with Gasteiger partial charge in [0.2, 0.25) is 5.91 Å². The molecule has 0 aliphatic carbocycles. The zero-order valence-corrected chi connectivity index (χ0v) is 19.4. The van der Waals surface area contributed by atoms with Crippen molar-refractivity contribution in [3.63, 3.8) is 0 Å². The largest absolute Gasteiger partial charge is 0.497 e. The lowest BCUT2D eigenvalue weighted by molar-refractivity contribution is -0.127. The van der Waals surface area contributed by atoms with Crippen LogP contribution in [0, 0.1) is 0 Å². The molecule has 1 heterocycles. The summed E-state index contributed by atoms with van der Waals surface area (Å²) in [7, 11) is 5.20. The first-order valence-corrected chi connectivity index (χ1v) is 11.5. The van der Waals surface area contributed by atoms with Crippen LogP contribution in [0.5, 0.6) is 5.75 Å². The summed E-state index contributed by atoms with van der Waals surface area (Å²) in [6.07, 6.45) is 0. The average Bonchev–Trinajstić information content (AvgIpc) is 3.18. The molecule has 0 saturated heterocycles. The lowest BCUT2D eigenvalue weighted by atomic mass is 10.1. The lowest BCUT2D eigenvalue weighted by Crippen LogP contribution is -2.28. The Bertz CT molecular complexity index is 1240. The van der Waals surface area contributed by atoms with E-state index in [1.165, 1.54) is 11.8 Å². The van der Waals surface area contributed by atoms with Crippen LogP contribution < -0.4 is 4.74 Å². The van der Waals surface area contributed by atoms with Crippen molar-refractivity contribution < 1.29 is 14.3 Å². The molecule has 32 heavy (non-hydrogen) atoms. The molecule has 0 radical (unpaired) electrons. The molecule has 0 spiro atoms. The molecule has 0 aliphatic rings. The quantitative estimate of drug-likeness (QED) is 0.350. The maximum absolute atomic E-state index is 12.8. The standard InChI is InChI=1S/C25H27N3O3S/c1-27(16-18-8-9-20-15-21(31-3)11-10-19(20)14-18)24(29)17-32-25-26-22-6-4-5-7-23(22)28(25)12-13-30-2/h4-11,14-15H,12-13,16-17H2,1-3H3. The number of nitrogens with zero attached hydrogens (tertiary/aromatic N) is 3. The highest BCUT2D eigenvalue weighted by atomic mass is 32.2. The molecule has 6 nitrogen and oxygen atoms in total. The maximum Gasteiger partial charge on any atom is 0.233 e. The molecule has 166 valence electrons. The van der Waals surface area contributed by atoms with E-state index in [0.717, 1.165) is 38.3 Å². The van der Waals surface area contributed by atoms with E-state index in [0.29, 0.717) is 25.4 Å². The highest BCUT2D eigenvalue weighted by Gasteiger charge is 2.15. The summed E-state index contributed by atoms with van der Waals surface area (Å²) in [6, 6.07) is 20.3. The van der Waals surface area contributed by atoms with E-state index in [1.807, 2.05) is 49.5 Å². The lowest BCUT2D eigenvalue weighted by Gasteiger charge is -2.17. The van der Waals surface area contributed by atoms with Crippen LogP contribution in [0.15, 0.2) is 65.8 Å². The third-order valence-corrected chi connectivity index (χ3v) is 6.38. The second-order valence-electron chi connectivity index (χ2n) is 7.61. The zero-order valence-electron chi connectivity index (χ0n) is 18.6. The molecule has 7 heteroatoms. The van der Waals surface area contributed by atoms with E-state index >= 15 is 0 Å². The molecule has 0 saturated carbocycles. The van der Waals surface area contributed by atoms with Gasteiger partial charge in [-0.2, -0.15) is 0 Å². The number of methoxy groups -OCH3 is 2. The molecule has 0 aliphatic heterocycles. The highest BCUT2D eigenvalue weighted by molar-refractivity contribution is 7.99. The topological polar surface area (TPSA) is 56.6 Å². The smallest absolute Gasteiger partial charge is 0.233 e. The SMILES string of the molecule is COCCn1c(SCC(=O)N(C)Cc2ccc3cc(OC)ccc3c2)nc2ccccc21. The van der Waals surface area contributed by atoms with Gasteiger partial charge in [0, 0.05) is 27.2 Å². The third-order valence-electron chi connectivity index (χ3n) is 5.42. The summed E-state index contributed by atoms with van der Waals surface area (Å²) in [5.74, 6) is 1.23. The summed E-state index contributed by atoms with van der Waals surface area (Å²) >= 11 is 1.47. The van der Waals surface area contributed by atoms with E-state index in [1.54, 1.807) is 19.1 Å². The number of fused-ring (bicyclic) bond motifs is 2. The number of hydrogen-bond acceptors (Lipinski definition) is 5. The summed E-state index contributed by atoms with van der Waals surface area (Å²) in [5.41, 5.74) is 3.08. The number of thioether (sulfide) groups is 1. The van der Waals surface area contributed by atoms with Crippen LogP contribution in [0.2, 0.25) is 0 Å². The first-order valence-electron chi connectivity index (χ1n) is 10.5. The first-order chi connectivity index (χ1) is 15.6. The number of carbonyl (C=O) groups excluding carboxylic acids is 1. The molecule has 0 unspecified atom stereocenters. The normalized spacial score (nSPS) is 11.2. The van der Waals surface area contributed by atoms with Gasteiger partial charge in [-0.3, -0.25) is 4.79 Å². The van der Waals surface area contributed by atoms with Crippen LogP contribution in [-0.2, 0) is 22.6 Å². The minimum Gasteiger partial charge on any atom is -0.497 e. The van der Waals surface area contributed by atoms with Gasteiger partial charge >= 0.3 is 0 Å². The average molecular weight is 450 g/mol. The molecule has 0 N–H and O–H groups in total. The monoisotopic (exact) mass is 449 g/mol. The molecule has 0 atom stereocenters. The maximum atomic E-state index is 12.8. The fourth-order valence-corrected chi connectivity index (χ4v) is 4.64. The van der Waals surface area contributed by atoms with Crippen molar-refractivity contribution in [2.24, 2.45) is 0 Å². The Labute approximate surface area is 192 Å². The van der Waals surface area contributed by atoms with Crippen molar-refractivity contribution in [3.8, 4) is 5.75 Å². The van der Waals surface area contributed by atoms with Gasteiger partial charge in [0.05, 0.1) is 30.5 Å². The van der Waals surface area contributed by atoms with Gasteiger partial charge in [-0.25, -0.2) is 4.98 Å². The summed E-state index contributed by atoms with van der Waals surface area (Å²) in [6.45, 7) is 1.85.